The molecular weight excluding hydrogens is 280 g/mol. The Balaban J connectivity index is 2.34. The van der Waals surface area contributed by atoms with Crippen LogP contribution in [0, 0.1) is 16.0 Å². The van der Waals surface area contributed by atoms with E-state index in [0.29, 0.717) is 0 Å². The van der Waals surface area contributed by atoms with Gasteiger partial charge in [-0.15, -0.1) is 0 Å². The van der Waals surface area contributed by atoms with Gasteiger partial charge >= 0.3 is 5.69 Å². The molecule has 21 heavy (non-hydrogen) atoms. The quantitative estimate of drug-likeness (QED) is 0.267. The molecular formula is C11H12N6O4. The first-order valence-corrected chi connectivity index (χ1v) is 6.07. The number of ether oxygens (including phenoxy) is 1. The minimum Gasteiger partial charge on any atom is -0.481 e. The molecule has 1 unspecified atom stereocenters. The summed E-state index contributed by atoms with van der Waals surface area (Å²) in [5.41, 5.74) is 8.03. The summed E-state index contributed by atoms with van der Waals surface area (Å²) in [5, 5.41) is 14.5. The molecule has 1 saturated heterocycles. The van der Waals surface area contributed by atoms with Gasteiger partial charge in [0, 0.05) is 36.6 Å². The van der Waals surface area contributed by atoms with Crippen molar-refractivity contribution in [3.8, 4) is 5.88 Å². The number of anilines is 1. The van der Waals surface area contributed by atoms with Crippen molar-refractivity contribution in [3.05, 3.63) is 32.7 Å². The Morgan fingerprint density at radius 3 is 3.05 bits per heavy atom. The van der Waals surface area contributed by atoms with E-state index in [1.54, 1.807) is 0 Å². The Hall–Kier alpha value is -2.87. The second-order valence-electron chi connectivity index (χ2n) is 4.44. The number of aromatic nitrogens is 1. The summed E-state index contributed by atoms with van der Waals surface area (Å²) in [5.74, 6) is -0.340. The van der Waals surface area contributed by atoms with E-state index in [2.05, 4.69) is 15.0 Å². The minimum absolute atomic E-state index is 0.0483. The Labute approximate surface area is 119 Å². The van der Waals surface area contributed by atoms with E-state index in [4.69, 9.17) is 10.3 Å². The number of nitrogens with zero attached hydrogens (tertiary/aromatic N) is 6. The van der Waals surface area contributed by atoms with E-state index >= 15 is 0 Å². The molecule has 0 radical (unpaired) electrons. The molecule has 1 aliphatic heterocycles. The first-order chi connectivity index (χ1) is 10.1. The van der Waals surface area contributed by atoms with E-state index in [0.717, 1.165) is 0 Å². The Morgan fingerprint density at radius 1 is 1.67 bits per heavy atom. The predicted octanol–water partition coefficient (Wildman–Crippen LogP) is 1.66. The number of hydrogen-bond donors (Lipinski definition) is 0. The molecule has 0 aliphatic carbocycles. The number of carbonyl (C=O) groups excluding carboxylic acids is 1. The molecule has 10 heteroatoms. The normalized spacial score (nSPS) is 17.5. The fourth-order valence-electron chi connectivity index (χ4n) is 2.14. The summed E-state index contributed by atoms with van der Waals surface area (Å²) in [6.07, 6.45) is 0.162. The zero-order valence-corrected chi connectivity index (χ0v) is 11.2. The average molecular weight is 292 g/mol. The van der Waals surface area contributed by atoms with Crippen molar-refractivity contribution in [2.24, 2.45) is 11.0 Å². The molecule has 0 N–H and O–H groups in total. The second-order valence-corrected chi connectivity index (χ2v) is 4.44. The van der Waals surface area contributed by atoms with E-state index in [9.17, 15) is 14.9 Å². The predicted molar refractivity (Wildman–Crippen MR) is 71.9 cm³/mol. The van der Waals surface area contributed by atoms with E-state index in [1.165, 1.54) is 24.1 Å². The van der Waals surface area contributed by atoms with Gasteiger partial charge in [0.1, 0.15) is 0 Å². The number of amides is 1. The number of rotatable bonds is 5. The molecule has 1 atom stereocenters. The monoisotopic (exact) mass is 292 g/mol. The maximum atomic E-state index is 12.0. The number of carbonyl (C=O) groups is 1. The Kier molecular flexibility index (Phi) is 4.19. The first kappa shape index (κ1) is 14.5. The average Bonchev–Trinajstić information content (AvgIpc) is 2.85. The zero-order valence-electron chi connectivity index (χ0n) is 11.2. The van der Waals surface area contributed by atoms with Gasteiger partial charge in [-0.25, -0.2) is 0 Å². The molecule has 2 heterocycles. The number of nitro groups is 1. The van der Waals surface area contributed by atoms with Gasteiger partial charge in [0.2, 0.25) is 17.6 Å². The van der Waals surface area contributed by atoms with Crippen molar-refractivity contribution in [1.29, 1.82) is 0 Å². The lowest BCUT2D eigenvalue weighted by Gasteiger charge is -2.15. The van der Waals surface area contributed by atoms with Crippen LogP contribution >= 0.6 is 0 Å². The van der Waals surface area contributed by atoms with Crippen LogP contribution in [-0.4, -0.2) is 36.0 Å². The van der Waals surface area contributed by atoms with Crippen LogP contribution in [0.15, 0.2) is 17.2 Å². The van der Waals surface area contributed by atoms with Gasteiger partial charge < -0.3 is 4.74 Å². The molecule has 0 aromatic carbocycles. The summed E-state index contributed by atoms with van der Waals surface area (Å²) in [7, 11) is 1.38. The van der Waals surface area contributed by atoms with Crippen molar-refractivity contribution < 1.29 is 14.5 Å². The highest BCUT2D eigenvalue weighted by Gasteiger charge is 2.35. The summed E-state index contributed by atoms with van der Waals surface area (Å²) in [6.45, 7) is 0.384. The summed E-state index contributed by atoms with van der Waals surface area (Å²) in [6, 6.07) is 2.61. The SMILES string of the molecule is COc1ccc([N+](=O)[O-])c(N2CC(CN=[N+]=[N-])CC2=O)n1. The number of azide groups is 1. The molecule has 0 spiro atoms. The Bertz CT molecular complexity index is 627. The van der Waals surface area contributed by atoms with Crippen LogP contribution in [0.1, 0.15) is 6.42 Å². The number of methoxy groups -OCH3 is 1. The lowest BCUT2D eigenvalue weighted by Crippen LogP contribution is -2.26. The van der Waals surface area contributed by atoms with Crippen molar-refractivity contribution in [2.75, 3.05) is 25.1 Å². The highest BCUT2D eigenvalue weighted by molar-refractivity contribution is 5.96. The standard InChI is InChI=1S/C11H12N6O4/c1-21-9-3-2-8(17(19)20)11(14-9)16-6-7(4-10(16)18)5-13-15-12/h2-3,7H,4-6H2,1H3. The van der Waals surface area contributed by atoms with Gasteiger partial charge in [-0.1, -0.05) is 5.11 Å². The largest absolute Gasteiger partial charge is 0.481 e. The van der Waals surface area contributed by atoms with Gasteiger partial charge in [0.15, 0.2) is 0 Å². The molecule has 0 bridgehead atoms. The fraction of sp³-hybridized carbons (Fsp3) is 0.455. The van der Waals surface area contributed by atoms with Crippen molar-refractivity contribution in [2.45, 2.75) is 6.42 Å². The number of hydrogen-bond acceptors (Lipinski definition) is 6. The molecule has 110 valence electrons. The molecule has 1 amide bonds. The lowest BCUT2D eigenvalue weighted by atomic mass is 10.1. The maximum Gasteiger partial charge on any atom is 0.312 e. The van der Waals surface area contributed by atoms with Crippen LogP contribution in [0.25, 0.3) is 10.4 Å². The molecule has 0 saturated carbocycles. The maximum absolute atomic E-state index is 12.0. The highest BCUT2D eigenvalue weighted by atomic mass is 16.6. The van der Waals surface area contributed by atoms with Crippen molar-refractivity contribution in [3.63, 3.8) is 0 Å². The molecule has 1 aliphatic rings. The van der Waals surface area contributed by atoms with Gasteiger partial charge in [-0.3, -0.25) is 19.8 Å². The van der Waals surface area contributed by atoms with Gasteiger partial charge in [-0.2, -0.15) is 4.98 Å². The number of pyridine rings is 1. The van der Waals surface area contributed by atoms with E-state index in [-0.39, 0.29) is 48.7 Å². The molecule has 10 nitrogen and oxygen atoms in total. The highest BCUT2D eigenvalue weighted by Crippen LogP contribution is 2.32. The molecule has 1 aromatic heterocycles. The summed E-state index contributed by atoms with van der Waals surface area (Å²) < 4.78 is 4.94. The van der Waals surface area contributed by atoms with Crippen LogP contribution in [0.5, 0.6) is 5.88 Å². The van der Waals surface area contributed by atoms with E-state index < -0.39 is 4.92 Å². The van der Waals surface area contributed by atoms with Gasteiger partial charge in [0.25, 0.3) is 0 Å². The summed E-state index contributed by atoms with van der Waals surface area (Å²) >= 11 is 0. The molecule has 1 aromatic rings. The van der Waals surface area contributed by atoms with Gasteiger partial charge in [0.05, 0.1) is 12.0 Å². The first-order valence-electron chi connectivity index (χ1n) is 6.07. The van der Waals surface area contributed by atoms with Crippen LogP contribution in [-0.2, 0) is 4.79 Å². The lowest BCUT2D eigenvalue weighted by molar-refractivity contribution is -0.384. The molecule has 1 fully saturated rings. The van der Waals surface area contributed by atoms with Crippen LogP contribution in [0.4, 0.5) is 11.5 Å². The third-order valence-electron chi connectivity index (χ3n) is 3.10. The fourth-order valence-corrected chi connectivity index (χ4v) is 2.14. The smallest absolute Gasteiger partial charge is 0.312 e. The third kappa shape index (κ3) is 3.00. The minimum atomic E-state index is -0.601. The van der Waals surface area contributed by atoms with Crippen LogP contribution in [0.3, 0.4) is 0 Å². The second kappa shape index (κ2) is 6.06. The third-order valence-corrected chi connectivity index (χ3v) is 3.10. The van der Waals surface area contributed by atoms with Gasteiger partial charge in [-0.05, 0) is 11.4 Å². The van der Waals surface area contributed by atoms with Crippen molar-refractivity contribution in [1.82, 2.24) is 4.98 Å². The molecule has 2 rings (SSSR count). The zero-order chi connectivity index (χ0) is 15.4. The Morgan fingerprint density at radius 2 is 2.43 bits per heavy atom. The topological polar surface area (TPSA) is 134 Å². The van der Waals surface area contributed by atoms with Crippen LogP contribution in [0.2, 0.25) is 0 Å². The van der Waals surface area contributed by atoms with Crippen LogP contribution < -0.4 is 9.64 Å². The summed E-state index contributed by atoms with van der Waals surface area (Å²) in [4.78, 5) is 30.3. The van der Waals surface area contributed by atoms with E-state index in [1.807, 2.05) is 0 Å². The van der Waals surface area contributed by atoms with Crippen molar-refractivity contribution >= 4 is 17.4 Å².